The average molecular weight is 1320 g/mol. The number of ether oxygens (including phenoxy) is 2. The summed E-state index contributed by atoms with van der Waals surface area (Å²) < 4.78 is 56.7. The number of ketones is 2. The molecular weight excluding hydrogens is 1200 g/mol. The third-order valence-electron chi connectivity index (χ3n) is 14.5. The third-order valence-corrected chi connectivity index (χ3v) is 16.4. The van der Waals surface area contributed by atoms with Crippen molar-refractivity contribution in [2.24, 2.45) is 0 Å². The van der Waals surface area contributed by atoms with Crippen molar-refractivity contribution in [1.82, 2.24) is 21.3 Å². The van der Waals surface area contributed by atoms with E-state index in [-0.39, 0.29) is 149 Å². The van der Waals surface area contributed by atoms with E-state index in [2.05, 4.69) is 49.0 Å². The molecule has 6 unspecified atom stereocenters. The molecule has 0 aliphatic rings. The Morgan fingerprint density at radius 2 is 0.670 bits per heavy atom. The van der Waals surface area contributed by atoms with Gasteiger partial charge in [-0.3, -0.25) is 37.9 Å². The number of aliphatic hydroxyl groups excluding tert-OH is 2. The fourth-order valence-electron chi connectivity index (χ4n) is 9.30. The van der Waals surface area contributed by atoms with Crippen molar-refractivity contribution in [2.75, 3.05) is 65.9 Å². The van der Waals surface area contributed by atoms with Crippen LogP contribution in [0.3, 0.4) is 0 Å². The van der Waals surface area contributed by atoms with Crippen LogP contribution >= 0.6 is 15.6 Å². The molecule has 0 heterocycles. The molecule has 0 rings (SSSR count). The zero-order chi connectivity index (χ0) is 63.8. The quantitative estimate of drug-likeness (QED) is 0.0217. The van der Waals surface area contributed by atoms with Gasteiger partial charge in [0.15, 0.2) is 0 Å². The van der Waals surface area contributed by atoms with Crippen LogP contribution < -0.4 is 90.2 Å². The number of aliphatic hydroxyl groups is 2. The number of hydrogen-bond acceptors (Lipinski definition) is 18. The van der Waals surface area contributed by atoms with Gasteiger partial charge < -0.3 is 68.8 Å². The van der Waals surface area contributed by atoms with Crippen LogP contribution in [0.15, 0.2) is 0 Å². The summed E-state index contributed by atoms with van der Waals surface area (Å²) in [5.41, 5.74) is 0. The number of phosphoric acid groups is 2. The zero-order valence-electron chi connectivity index (χ0n) is 55.6. The summed E-state index contributed by atoms with van der Waals surface area (Å²) in [4.78, 5) is 101. The van der Waals surface area contributed by atoms with E-state index < -0.39 is 90.0 Å². The molecule has 22 nitrogen and oxygen atoms in total. The molecule has 4 amide bonds. The minimum absolute atomic E-state index is 0. The summed E-state index contributed by atoms with van der Waals surface area (Å²) in [6, 6.07) is -1.95. The minimum atomic E-state index is -4.97. The van der Waals surface area contributed by atoms with Gasteiger partial charge in [-0.25, -0.2) is 0 Å². The van der Waals surface area contributed by atoms with Gasteiger partial charge in [0.1, 0.15) is 11.6 Å². The maximum atomic E-state index is 12.9. The van der Waals surface area contributed by atoms with Crippen molar-refractivity contribution in [3.05, 3.63) is 0 Å². The smallest absolute Gasteiger partial charge is 0.756 e. The van der Waals surface area contributed by atoms with Crippen molar-refractivity contribution in [3.8, 4) is 0 Å². The summed E-state index contributed by atoms with van der Waals surface area (Å²) in [5.74, 6) is -2.91. The Morgan fingerprint density at radius 1 is 0.375 bits per heavy atom. The molecule has 0 saturated carbocycles. The van der Waals surface area contributed by atoms with Gasteiger partial charge in [0.25, 0.3) is 15.6 Å². The summed E-state index contributed by atoms with van der Waals surface area (Å²) in [5, 5.41) is 30.9. The van der Waals surface area contributed by atoms with Crippen LogP contribution in [-0.2, 0) is 65.5 Å². The number of carbonyl (C=O) groups excluding carboxylic acids is 6. The van der Waals surface area contributed by atoms with Crippen LogP contribution in [0.4, 0.5) is 0 Å². The number of rotatable bonds is 65. The van der Waals surface area contributed by atoms with Crippen molar-refractivity contribution < 1.29 is 145 Å². The normalized spacial score (nSPS) is 14.0. The summed E-state index contributed by atoms with van der Waals surface area (Å²) in [6.07, 6.45) is 30.0. The van der Waals surface area contributed by atoms with E-state index in [0.29, 0.717) is 38.5 Å². The SMILES string of the molecule is CCCCCCCCCCCC(=O)CC(=O)NC(COCCC(O)CCCCCCC)COP(=O)([O-])OCCNC(=O)CCC(=O)NCCOP(=O)([O-])OCC(COCCC(O)CCCCCCC)NC(=O)CC(=O)CCCCCCCCCCC.[Na+].[Na+]. The molecule has 0 aromatic carbocycles. The first kappa shape index (κ1) is 91.5. The maximum Gasteiger partial charge on any atom is 1.00 e. The summed E-state index contributed by atoms with van der Waals surface area (Å²) in [6.45, 7) is 5.85. The van der Waals surface area contributed by atoms with Crippen LogP contribution in [0.25, 0.3) is 0 Å². The Balaban J connectivity index is -0.0000361. The Hall–Kier alpha value is -0.720. The standard InChI is InChI=1S/C62H120N4O18P2.2Na/c1-5-9-13-17-19-21-23-27-31-35-57(69)47-61(73)65-53(49-79-43-39-55(67)33-29-25-15-11-7-3)51-83-85(75,76)81-45-41-63-59(71)37-38-60(72)64-42-46-82-86(77,78)84-52-54(50-80-44-40-56(68)34-30-26-16-12-8-4)66-62(74)48-58(70)36-32-28-24-22-20-18-14-10-6-2;;/h53-56,67-68H,5-52H2,1-4H3,(H,63,71)(H,64,72)(H,65,73)(H,66,74)(H,75,76)(H,77,78);;/q;2*+1/p-2. The van der Waals surface area contributed by atoms with Crippen LogP contribution in [0.1, 0.15) is 272 Å². The van der Waals surface area contributed by atoms with E-state index in [1.54, 1.807) is 0 Å². The van der Waals surface area contributed by atoms with Gasteiger partial charge in [0.05, 0.1) is 76.8 Å². The number of Topliss-reactive ketones (excluding diaryl/α,β-unsaturated/α-hetero) is 2. The van der Waals surface area contributed by atoms with Gasteiger partial charge in [0.2, 0.25) is 23.6 Å². The van der Waals surface area contributed by atoms with Crippen molar-refractivity contribution in [1.29, 1.82) is 0 Å². The van der Waals surface area contributed by atoms with E-state index in [1.807, 2.05) is 0 Å². The van der Waals surface area contributed by atoms with E-state index in [9.17, 15) is 57.9 Å². The second-order valence-corrected chi connectivity index (χ2v) is 25.7. The molecule has 0 aromatic heterocycles. The molecule has 0 fully saturated rings. The maximum absolute atomic E-state index is 12.9. The number of unbranched alkanes of at least 4 members (excludes halogenated alkanes) is 24. The molecule has 88 heavy (non-hydrogen) atoms. The van der Waals surface area contributed by atoms with Crippen molar-refractivity contribution in [2.45, 2.75) is 296 Å². The second kappa shape index (κ2) is 63.7. The van der Waals surface area contributed by atoms with Gasteiger partial charge in [-0.05, 0) is 38.5 Å². The molecule has 26 heteroatoms. The predicted molar refractivity (Wildman–Crippen MR) is 331 cm³/mol. The van der Waals surface area contributed by atoms with Crippen LogP contribution in [0, 0.1) is 0 Å². The fraction of sp³-hybridized carbons (Fsp3) is 0.903. The molecule has 0 spiro atoms. The summed E-state index contributed by atoms with van der Waals surface area (Å²) >= 11 is 0. The van der Waals surface area contributed by atoms with Crippen LogP contribution in [0.5, 0.6) is 0 Å². The largest absolute Gasteiger partial charge is 1.00 e. The van der Waals surface area contributed by atoms with Crippen molar-refractivity contribution >= 4 is 50.8 Å². The molecule has 0 saturated heterocycles. The van der Waals surface area contributed by atoms with Gasteiger partial charge >= 0.3 is 59.1 Å². The first-order valence-corrected chi connectivity index (χ1v) is 36.1. The number of hydrogen-bond donors (Lipinski definition) is 6. The Kier molecular flexibility index (Phi) is 66.2. The second-order valence-electron chi connectivity index (χ2n) is 22.9. The minimum Gasteiger partial charge on any atom is -0.756 e. The molecule has 0 aliphatic heterocycles. The van der Waals surface area contributed by atoms with E-state index in [1.165, 1.54) is 64.2 Å². The zero-order valence-corrected chi connectivity index (χ0v) is 61.4. The predicted octanol–water partition coefficient (Wildman–Crippen LogP) is 4.00. The van der Waals surface area contributed by atoms with Gasteiger partial charge in [-0.1, -0.05) is 195 Å². The topological polar surface area (TPSA) is 327 Å². The van der Waals surface area contributed by atoms with E-state index in [0.717, 1.165) is 103 Å². The fourth-order valence-corrected chi connectivity index (χ4v) is 10.8. The molecule has 6 N–H and O–H groups in total. The van der Waals surface area contributed by atoms with E-state index in [4.69, 9.17) is 27.6 Å². The third kappa shape index (κ3) is 62.7. The molecule has 0 bridgehead atoms. The summed E-state index contributed by atoms with van der Waals surface area (Å²) in [7, 11) is -9.94. The monoisotopic (exact) mass is 1310 g/mol. The molecule has 6 atom stereocenters. The first-order valence-electron chi connectivity index (χ1n) is 33.2. The van der Waals surface area contributed by atoms with Gasteiger partial charge in [-0.15, -0.1) is 0 Å². The number of amides is 4. The Bertz CT molecular complexity index is 1710. The van der Waals surface area contributed by atoms with Crippen LogP contribution in [-0.4, -0.2) is 136 Å². The van der Waals surface area contributed by atoms with Gasteiger partial charge in [0, 0.05) is 52.0 Å². The number of nitrogens with one attached hydrogen (secondary N) is 4. The molecule has 0 radical (unpaired) electrons. The molecule has 0 aliphatic carbocycles. The molecule has 506 valence electrons. The Morgan fingerprint density at radius 3 is 0.989 bits per heavy atom. The number of carbonyl (C=O) groups is 6. The Labute approximate surface area is 574 Å². The van der Waals surface area contributed by atoms with Gasteiger partial charge in [-0.2, -0.15) is 0 Å². The van der Waals surface area contributed by atoms with Crippen LogP contribution in [0.2, 0.25) is 0 Å². The van der Waals surface area contributed by atoms with E-state index >= 15 is 0 Å². The molecule has 0 aromatic rings. The van der Waals surface area contributed by atoms with Crippen molar-refractivity contribution in [3.63, 3.8) is 0 Å². The molecular formula is C62H118N4Na2O18P2. The first-order chi connectivity index (χ1) is 41.3. The average Bonchev–Trinajstić information content (AvgIpc) is 3.67. The number of phosphoric ester groups is 2.